The highest BCUT2D eigenvalue weighted by molar-refractivity contribution is 5.90. The van der Waals surface area contributed by atoms with Gasteiger partial charge < -0.3 is 11.1 Å². The zero-order chi connectivity index (χ0) is 14.1. The van der Waals surface area contributed by atoms with Crippen molar-refractivity contribution in [3.05, 3.63) is 29.8 Å². The van der Waals surface area contributed by atoms with Crippen molar-refractivity contribution in [2.75, 3.05) is 11.9 Å². The van der Waals surface area contributed by atoms with Crippen molar-refractivity contribution in [2.45, 2.75) is 46.0 Å². The number of rotatable bonds is 8. The topological polar surface area (TPSA) is 55.1 Å². The standard InChI is InChI=1S/C16H26N2O/c1-3-4-5-6-14-7-9-15(10-8-14)18-16(19)11-13(2)12-17/h7-10,13H,3-6,11-12,17H2,1-2H3,(H,18,19). The molecule has 0 saturated carbocycles. The molecule has 0 bridgehead atoms. The van der Waals surface area contributed by atoms with Crippen LogP contribution in [0, 0.1) is 5.92 Å². The maximum atomic E-state index is 11.7. The van der Waals surface area contributed by atoms with Gasteiger partial charge in [-0.3, -0.25) is 4.79 Å². The monoisotopic (exact) mass is 262 g/mol. The summed E-state index contributed by atoms with van der Waals surface area (Å²) in [5.74, 6) is 0.269. The van der Waals surface area contributed by atoms with Crippen LogP contribution in [0.1, 0.15) is 45.1 Å². The van der Waals surface area contributed by atoms with Gasteiger partial charge in [-0.25, -0.2) is 0 Å². The molecule has 1 aromatic carbocycles. The van der Waals surface area contributed by atoms with E-state index in [9.17, 15) is 4.79 Å². The van der Waals surface area contributed by atoms with E-state index in [0.717, 1.165) is 12.1 Å². The Kier molecular flexibility index (Phi) is 7.19. The first-order valence-corrected chi connectivity index (χ1v) is 7.24. The molecule has 1 rings (SSSR count). The van der Waals surface area contributed by atoms with Crippen LogP contribution in [0.5, 0.6) is 0 Å². The third-order valence-electron chi connectivity index (χ3n) is 3.24. The number of hydrogen-bond acceptors (Lipinski definition) is 2. The maximum absolute atomic E-state index is 11.7. The first-order chi connectivity index (χ1) is 9.15. The first-order valence-electron chi connectivity index (χ1n) is 7.24. The van der Waals surface area contributed by atoms with Crippen LogP contribution >= 0.6 is 0 Å². The summed E-state index contributed by atoms with van der Waals surface area (Å²) in [5.41, 5.74) is 7.72. The second kappa shape index (κ2) is 8.70. The molecular weight excluding hydrogens is 236 g/mol. The van der Waals surface area contributed by atoms with Crippen LogP contribution in [0.15, 0.2) is 24.3 Å². The van der Waals surface area contributed by atoms with Crippen LogP contribution in [-0.2, 0) is 11.2 Å². The summed E-state index contributed by atoms with van der Waals surface area (Å²) in [6.45, 7) is 4.74. The van der Waals surface area contributed by atoms with Crippen LogP contribution in [0.25, 0.3) is 0 Å². The Labute approximate surface area is 116 Å². The smallest absolute Gasteiger partial charge is 0.224 e. The third kappa shape index (κ3) is 6.39. The second-order valence-electron chi connectivity index (χ2n) is 5.25. The lowest BCUT2D eigenvalue weighted by atomic mass is 10.1. The summed E-state index contributed by atoms with van der Waals surface area (Å²) >= 11 is 0. The van der Waals surface area contributed by atoms with Crippen molar-refractivity contribution in [3.8, 4) is 0 Å². The van der Waals surface area contributed by atoms with Crippen LogP contribution in [0.3, 0.4) is 0 Å². The number of benzene rings is 1. The number of carbonyl (C=O) groups excluding carboxylic acids is 1. The predicted molar refractivity (Wildman–Crippen MR) is 81.1 cm³/mol. The molecular formula is C16H26N2O. The Morgan fingerprint density at radius 1 is 1.26 bits per heavy atom. The van der Waals surface area contributed by atoms with Gasteiger partial charge >= 0.3 is 0 Å². The van der Waals surface area contributed by atoms with E-state index < -0.39 is 0 Å². The number of nitrogens with one attached hydrogen (secondary N) is 1. The lowest BCUT2D eigenvalue weighted by Crippen LogP contribution is -2.20. The fourth-order valence-electron chi connectivity index (χ4n) is 1.95. The number of amides is 1. The Balaban J connectivity index is 2.41. The van der Waals surface area contributed by atoms with Crippen LogP contribution in [0.2, 0.25) is 0 Å². The van der Waals surface area contributed by atoms with Crippen LogP contribution in [-0.4, -0.2) is 12.5 Å². The average Bonchev–Trinajstić information content (AvgIpc) is 2.40. The summed E-state index contributed by atoms with van der Waals surface area (Å²) < 4.78 is 0. The van der Waals surface area contributed by atoms with Gasteiger partial charge in [0.1, 0.15) is 0 Å². The number of aryl methyl sites for hydroxylation is 1. The van der Waals surface area contributed by atoms with E-state index in [1.165, 1.54) is 24.8 Å². The van der Waals surface area contributed by atoms with Crippen molar-refractivity contribution in [1.82, 2.24) is 0 Å². The maximum Gasteiger partial charge on any atom is 0.224 e. The highest BCUT2D eigenvalue weighted by Crippen LogP contribution is 2.13. The molecule has 106 valence electrons. The van der Waals surface area contributed by atoms with E-state index in [2.05, 4.69) is 24.4 Å². The van der Waals surface area contributed by atoms with Gasteiger partial charge in [0.25, 0.3) is 0 Å². The lowest BCUT2D eigenvalue weighted by Gasteiger charge is -2.09. The van der Waals surface area contributed by atoms with E-state index in [1.807, 2.05) is 19.1 Å². The molecule has 1 atom stereocenters. The number of anilines is 1. The molecule has 1 amide bonds. The molecule has 3 nitrogen and oxygen atoms in total. The van der Waals surface area contributed by atoms with Crippen molar-refractivity contribution in [1.29, 1.82) is 0 Å². The molecule has 0 aliphatic rings. The van der Waals surface area contributed by atoms with Crippen LogP contribution < -0.4 is 11.1 Å². The highest BCUT2D eigenvalue weighted by Gasteiger charge is 2.07. The summed E-state index contributed by atoms with van der Waals surface area (Å²) in [6.07, 6.45) is 5.35. The Morgan fingerprint density at radius 3 is 2.53 bits per heavy atom. The van der Waals surface area contributed by atoms with E-state index in [1.54, 1.807) is 0 Å². The molecule has 0 spiro atoms. The number of unbranched alkanes of at least 4 members (excludes halogenated alkanes) is 2. The molecule has 0 aromatic heterocycles. The summed E-state index contributed by atoms with van der Waals surface area (Å²) in [6, 6.07) is 8.15. The van der Waals surface area contributed by atoms with Gasteiger partial charge in [-0.15, -0.1) is 0 Å². The minimum Gasteiger partial charge on any atom is -0.330 e. The molecule has 19 heavy (non-hydrogen) atoms. The van der Waals surface area contributed by atoms with Crippen molar-refractivity contribution < 1.29 is 4.79 Å². The zero-order valence-electron chi connectivity index (χ0n) is 12.1. The van der Waals surface area contributed by atoms with Gasteiger partial charge in [0.05, 0.1) is 0 Å². The Bertz CT molecular complexity index is 373. The molecule has 3 N–H and O–H groups in total. The average molecular weight is 262 g/mol. The van der Waals surface area contributed by atoms with Crippen molar-refractivity contribution in [2.24, 2.45) is 11.7 Å². The molecule has 1 aromatic rings. The number of nitrogens with two attached hydrogens (primary N) is 1. The largest absolute Gasteiger partial charge is 0.330 e. The molecule has 0 saturated heterocycles. The molecule has 0 aliphatic carbocycles. The van der Waals surface area contributed by atoms with Crippen LogP contribution in [0.4, 0.5) is 5.69 Å². The third-order valence-corrected chi connectivity index (χ3v) is 3.24. The van der Waals surface area contributed by atoms with E-state index in [0.29, 0.717) is 13.0 Å². The van der Waals surface area contributed by atoms with E-state index in [4.69, 9.17) is 5.73 Å². The van der Waals surface area contributed by atoms with E-state index >= 15 is 0 Å². The normalized spacial score (nSPS) is 12.2. The van der Waals surface area contributed by atoms with Gasteiger partial charge in [0, 0.05) is 12.1 Å². The van der Waals surface area contributed by atoms with Gasteiger partial charge in [-0.2, -0.15) is 0 Å². The van der Waals surface area contributed by atoms with Gasteiger partial charge in [0.15, 0.2) is 0 Å². The number of carbonyl (C=O) groups is 1. The van der Waals surface area contributed by atoms with Gasteiger partial charge in [-0.1, -0.05) is 38.8 Å². The summed E-state index contributed by atoms with van der Waals surface area (Å²) in [4.78, 5) is 11.7. The molecule has 0 aliphatic heterocycles. The molecule has 0 radical (unpaired) electrons. The Morgan fingerprint density at radius 2 is 1.95 bits per heavy atom. The van der Waals surface area contributed by atoms with Crippen molar-refractivity contribution >= 4 is 11.6 Å². The van der Waals surface area contributed by atoms with E-state index in [-0.39, 0.29) is 11.8 Å². The summed E-state index contributed by atoms with van der Waals surface area (Å²) in [5, 5.41) is 2.91. The zero-order valence-corrected chi connectivity index (χ0v) is 12.1. The first kappa shape index (κ1) is 15.7. The molecule has 0 fully saturated rings. The molecule has 3 heteroatoms. The Hall–Kier alpha value is -1.35. The highest BCUT2D eigenvalue weighted by atomic mass is 16.1. The minimum absolute atomic E-state index is 0.0386. The molecule has 0 heterocycles. The fourth-order valence-corrected chi connectivity index (χ4v) is 1.95. The second-order valence-corrected chi connectivity index (χ2v) is 5.25. The summed E-state index contributed by atoms with van der Waals surface area (Å²) in [7, 11) is 0. The molecule has 1 unspecified atom stereocenters. The predicted octanol–water partition coefficient (Wildman–Crippen LogP) is 3.34. The number of hydrogen-bond donors (Lipinski definition) is 2. The van der Waals surface area contributed by atoms with Crippen molar-refractivity contribution in [3.63, 3.8) is 0 Å². The van der Waals surface area contributed by atoms with Gasteiger partial charge in [-0.05, 0) is 43.0 Å². The fraction of sp³-hybridized carbons (Fsp3) is 0.562. The minimum atomic E-state index is 0.0386. The quantitative estimate of drug-likeness (QED) is 0.706. The lowest BCUT2D eigenvalue weighted by molar-refractivity contribution is -0.116. The SMILES string of the molecule is CCCCCc1ccc(NC(=O)CC(C)CN)cc1. The van der Waals surface area contributed by atoms with Gasteiger partial charge in [0.2, 0.25) is 5.91 Å².